The fraction of sp³-hybridized carbons (Fsp3) is 0.421. The number of carbonyl (C=O) groups excluding carboxylic acids is 2. The van der Waals surface area contributed by atoms with Gasteiger partial charge in [-0.3, -0.25) is 14.3 Å². The molecule has 0 fully saturated rings. The predicted molar refractivity (Wildman–Crippen MR) is 94.8 cm³/mol. The van der Waals surface area contributed by atoms with Crippen LogP contribution in [0.25, 0.3) is 0 Å². The van der Waals surface area contributed by atoms with Crippen molar-refractivity contribution in [3.8, 4) is 0 Å². The lowest BCUT2D eigenvalue weighted by molar-refractivity contribution is -0.132. The van der Waals surface area contributed by atoms with Gasteiger partial charge >= 0.3 is 0 Å². The normalized spacial score (nSPS) is 13.4. The van der Waals surface area contributed by atoms with Gasteiger partial charge in [-0.2, -0.15) is 5.10 Å². The highest BCUT2D eigenvalue weighted by molar-refractivity contribution is 5.94. The maximum absolute atomic E-state index is 12.6. The molecule has 132 valence electrons. The zero-order chi connectivity index (χ0) is 17.8. The van der Waals surface area contributed by atoms with Crippen molar-refractivity contribution in [1.29, 1.82) is 0 Å². The molecule has 1 aliphatic rings. The fourth-order valence-electron chi connectivity index (χ4n) is 3.22. The summed E-state index contributed by atoms with van der Waals surface area (Å²) in [4.78, 5) is 26.7. The van der Waals surface area contributed by atoms with E-state index in [1.165, 1.54) is 0 Å². The Morgan fingerprint density at radius 2 is 2.00 bits per heavy atom. The molecule has 0 radical (unpaired) electrons. The summed E-state index contributed by atoms with van der Waals surface area (Å²) in [6.07, 6.45) is 2.12. The number of hydrogen-bond acceptors (Lipinski definition) is 3. The number of amides is 2. The van der Waals surface area contributed by atoms with E-state index in [1.54, 1.807) is 4.68 Å². The van der Waals surface area contributed by atoms with Crippen LogP contribution < -0.4 is 5.32 Å². The molecule has 2 heterocycles. The molecule has 2 amide bonds. The molecular weight excluding hydrogens is 316 g/mol. The van der Waals surface area contributed by atoms with E-state index in [2.05, 4.69) is 10.4 Å². The van der Waals surface area contributed by atoms with Gasteiger partial charge in [-0.05, 0) is 12.0 Å². The van der Waals surface area contributed by atoms with Gasteiger partial charge in [-0.15, -0.1) is 0 Å². The molecule has 0 bridgehead atoms. The molecule has 1 N–H and O–H groups in total. The molecule has 25 heavy (non-hydrogen) atoms. The first kappa shape index (κ1) is 17.2. The van der Waals surface area contributed by atoms with Crippen LogP contribution in [0.5, 0.6) is 0 Å². The van der Waals surface area contributed by atoms with E-state index in [1.807, 2.05) is 49.2 Å². The maximum atomic E-state index is 12.6. The number of fused-ring (bicyclic) bond motifs is 1. The molecule has 6 nitrogen and oxygen atoms in total. The van der Waals surface area contributed by atoms with E-state index < -0.39 is 0 Å². The molecule has 0 aliphatic carbocycles. The molecule has 2 aromatic rings. The van der Waals surface area contributed by atoms with Crippen LogP contribution in [0.15, 0.2) is 30.3 Å². The quantitative estimate of drug-likeness (QED) is 0.906. The van der Waals surface area contributed by atoms with Crippen molar-refractivity contribution in [2.45, 2.75) is 39.3 Å². The van der Waals surface area contributed by atoms with E-state index in [0.29, 0.717) is 31.7 Å². The summed E-state index contributed by atoms with van der Waals surface area (Å²) in [5.41, 5.74) is 3.40. The van der Waals surface area contributed by atoms with Crippen molar-refractivity contribution in [2.24, 2.45) is 7.05 Å². The Hall–Kier alpha value is -2.63. The van der Waals surface area contributed by atoms with Gasteiger partial charge in [0, 0.05) is 50.8 Å². The number of aryl methyl sites for hydroxylation is 1. The molecule has 1 aliphatic heterocycles. The van der Waals surface area contributed by atoms with Crippen LogP contribution in [0.3, 0.4) is 0 Å². The SMILES string of the molecule is CCCC(=O)N1CCc2c(c(C(=O)NCc3ccccc3)nn2C)C1. The third kappa shape index (κ3) is 3.73. The molecule has 1 aromatic heterocycles. The van der Waals surface area contributed by atoms with Crippen molar-refractivity contribution in [3.05, 3.63) is 52.8 Å². The lowest BCUT2D eigenvalue weighted by Crippen LogP contribution is -2.37. The first-order valence-electron chi connectivity index (χ1n) is 8.74. The van der Waals surface area contributed by atoms with Gasteiger partial charge in [0.2, 0.25) is 5.91 Å². The summed E-state index contributed by atoms with van der Waals surface area (Å²) < 4.78 is 1.77. The maximum Gasteiger partial charge on any atom is 0.272 e. The Bertz CT molecular complexity index is 767. The van der Waals surface area contributed by atoms with Gasteiger partial charge in [0.25, 0.3) is 5.91 Å². The average Bonchev–Trinajstić information content (AvgIpc) is 2.97. The summed E-state index contributed by atoms with van der Waals surface area (Å²) in [6.45, 7) is 3.62. The largest absolute Gasteiger partial charge is 0.347 e. The van der Waals surface area contributed by atoms with Gasteiger partial charge < -0.3 is 10.2 Å². The summed E-state index contributed by atoms with van der Waals surface area (Å²) in [7, 11) is 1.86. The molecule has 3 rings (SSSR count). The number of nitrogens with zero attached hydrogens (tertiary/aromatic N) is 3. The standard InChI is InChI=1S/C19H24N4O2/c1-3-7-17(24)23-11-10-16-15(13-23)18(21-22(16)2)19(25)20-12-14-8-5-4-6-9-14/h4-6,8-9H,3,7,10-13H2,1-2H3,(H,20,25). The van der Waals surface area contributed by atoms with E-state index >= 15 is 0 Å². The van der Waals surface area contributed by atoms with Crippen molar-refractivity contribution in [2.75, 3.05) is 6.54 Å². The van der Waals surface area contributed by atoms with Crippen LogP contribution in [0.1, 0.15) is 47.1 Å². The topological polar surface area (TPSA) is 67.2 Å². The number of rotatable bonds is 5. The number of nitrogens with one attached hydrogen (secondary N) is 1. The minimum Gasteiger partial charge on any atom is -0.347 e. The van der Waals surface area contributed by atoms with E-state index in [-0.39, 0.29) is 11.8 Å². The Labute approximate surface area is 147 Å². The van der Waals surface area contributed by atoms with Crippen molar-refractivity contribution in [3.63, 3.8) is 0 Å². The molecule has 1 aromatic carbocycles. The highest BCUT2D eigenvalue weighted by Crippen LogP contribution is 2.23. The Kier molecular flexibility index (Phi) is 5.16. The lowest BCUT2D eigenvalue weighted by atomic mass is 10.0. The van der Waals surface area contributed by atoms with Crippen molar-refractivity contribution >= 4 is 11.8 Å². The predicted octanol–water partition coefficient (Wildman–Crippen LogP) is 2.03. The van der Waals surface area contributed by atoms with Gasteiger partial charge in [-0.1, -0.05) is 37.3 Å². The summed E-state index contributed by atoms with van der Waals surface area (Å²) >= 11 is 0. The molecule has 6 heteroatoms. The van der Waals surface area contributed by atoms with Crippen LogP contribution in [-0.2, 0) is 31.4 Å². The van der Waals surface area contributed by atoms with Crippen LogP contribution in [0.2, 0.25) is 0 Å². The Morgan fingerprint density at radius 1 is 1.24 bits per heavy atom. The summed E-state index contributed by atoms with van der Waals surface area (Å²) in [5, 5.41) is 7.34. The van der Waals surface area contributed by atoms with Crippen LogP contribution in [0.4, 0.5) is 0 Å². The lowest BCUT2D eigenvalue weighted by Gasteiger charge is -2.27. The van der Waals surface area contributed by atoms with Crippen molar-refractivity contribution < 1.29 is 9.59 Å². The van der Waals surface area contributed by atoms with E-state index in [0.717, 1.165) is 29.7 Å². The van der Waals surface area contributed by atoms with Gasteiger partial charge in [0.15, 0.2) is 5.69 Å². The minimum atomic E-state index is -0.189. The zero-order valence-electron chi connectivity index (χ0n) is 14.8. The highest BCUT2D eigenvalue weighted by Gasteiger charge is 2.28. The number of carbonyl (C=O) groups is 2. The first-order valence-corrected chi connectivity index (χ1v) is 8.74. The first-order chi connectivity index (χ1) is 12.1. The minimum absolute atomic E-state index is 0.146. The molecular formula is C19H24N4O2. The smallest absolute Gasteiger partial charge is 0.272 e. The highest BCUT2D eigenvalue weighted by atomic mass is 16.2. The van der Waals surface area contributed by atoms with Crippen LogP contribution >= 0.6 is 0 Å². The fourth-order valence-corrected chi connectivity index (χ4v) is 3.22. The second kappa shape index (κ2) is 7.51. The third-order valence-electron chi connectivity index (χ3n) is 4.57. The molecule has 0 saturated carbocycles. The zero-order valence-corrected chi connectivity index (χ0v) is 14.8. The molecule has 0 saturated heterocycles. The summed E-state index contributed by atoms with van der Waals surface area (Å²) in [5.74, 6) is -0.0434. The van der Waals surface area contributed by atoms with E-state index in [9.17, 15) is 9.59 Å². The van der Waals surface area contributed by atoms with Gasteiger partial charge in [0.1, 0.15) is 0 Å². The van der Waals surface area contributed by atoms with Gasteiger partial charge in [0.05, 0.1) is 0 Å². The number of benzene rings is 1. The van der Waals surface area contributed by atoms with Gasteiger partial charge in [-0.25, -0.2) is 0 Å². The molecule has 0 spiro atoms. The van der Waals surface area contributed by atoms with E-state index in [4.69, 9.17) is 0 Å². The summed E-state index contributed by atoms with van der Waals surface area (Å²) in [6, 6.07) is 9.78. The van der Waals surface area contributed by atoms with Crippen LogP contribution in [-0.4, -0.2) is 33.0 Å². The van der Waals surface area contributed by atoms with Crippen molar-refractivity contribution in [1.82, 2.24) is 20.0 Å². The average molecular weight is 340 g/mol. The number of aromatic nitrogens is 2. The second-order valence-electron chi connectivity index (χ2n) is 6.38. The Balaban J connectivity index is 1.74. The number of hydrogen-bond donors (Lipinski definition) is 1. The molecule has 0 atom stereocenters. The Morgan fingerprint density at radius 3 is 2.72 bits per heavy atom. The van der Waals surface area contributed by atoms with Crippen LogP contribution in [0, 0.1) is 0 Å². The third-order valence-corrected chi connectivity index (χ3v) is 4.57. The molecule has 0 unspecified atom stereocenters. The second-order valence-corrected chi connectivity index (χ2v) is 6.38. The monoisotopic (exact) mass is 340 g/mol.